The zero-order chi connectivity index (χ0) is 49.0. The van der Waals surface area contributed by atoms with Crippen LogP contribution in [0.15, 0.2) is 291 Å². The van der Waals surface area contributed by atoms with Crippen molar-refractivity contribution in [2.45, 2.75) is 0 Å². The summed E-state index contributed by atoms with van der Waals surface area (Å²) in [6, 6.07) is 106. The molecule has 0 amide bonds. The van der Waals surface area contributed by atoms with Crippen molar-refractivity contribution in [3.05, 3.63) is 291 Å². The van der Waals surface area contributed by atoms with E-state index in [0.717, 1.165) is 5.69 Å². The second-order valence-electron chi connectivity index (χ2n) is 19.3. The first kappa shape index (κ1) is 43.1. The van der Waals surface area contributed by atoms with E-state index < -0.39 is 0 Å². The molecule has 0 unspecified atom stereocenters. The van der Waals surface area contributed by atoms with Gasteiger partial charge in [0, 0.05) is 32.9 Å². The highest BCUT2D eigenvalue weighted by atomic mass is 15.0. The second kappa shape index (κ2) is 18.1. The number of aromatic nitrogens is 2. The van der Waals surface area contributed by atoms with Crippen molar-refractivity contribution in [3.63, 3.8) is 0 Å². The molecule has 0 saturated heterocycles. The second-order valence-corrected chi connectivity index (χ2v) is 19.3. The number of hydrogen-bond acceptors (Lipinski definition) is 0. The highest BCUT2D eigenvalue weighted by molar-refractivity contribution is 6.12. The molecule has 14 aromatic rings. The molecule has 0 spiro atoms. The van der Waals surface area contributed by atoms with Gasteiger partial charge in [0.1, 0.15) is 0 Å². The molecule has 2 nitrogen and oxygen atoms in total. The lowest BCUT2D eigenvalue weighted by Gasteiger charge is -2.12. The molecule has 0 N–H and O–H groups in total. The molecule has 2 heterocycles. The van der Waals surface area contributed by atoms with Crippen LogP contribution in [0.3, 0.4) is 0 Å². The fourth-order valence-electron chi connectivity index (χ4n) is 11.2. The van der Waals surface area contributed by atoms with Crippen molar-refractivity contribution in [2.75, 3.05) is 0 Å². The van der Waals surface area contributed by atoms with Gasteiger partial charge in [-0.25, -0.2) is 0 Å². The predicted molar refractivity (Wildman–Crippen MR) is 313 cm³/mol. The fourth-order valence-corrected chi connectivity index (χ4v) is 11.2. The smallest absolute Gasteiger partial charge is 0.0541 e. The van der Waals surface area contributed by atoms with Crippen molar-refractivity contribution in [1.29, 1.82) is 0 Å². The van der Waals surface area contributed by atoms with E-state index in [-0.39, 0.29) is 0 Å². The van der Waals surface area contributed by atoms with Crippen molar-refractivity contribution in [2.24, 2.45) is 0 Å². The van der Waals surface area contributed by atoms with E-state index in [4.69, 9.17) is 0 Å². The molecule has 2 aromatic heterocycles. The van der Waals surface area contributed by atoms with Crippen LogP contribution in [0.5, 0.6) is 0 Å². The van der Waals surface area contributed by atoms with Gasteiger partial charge in [-0.1, -0.05) is 218 Å². The zero-order valence-corrected chi connectivity index (χ0v) is 40.6. The van der Waals surface area contributed by atoms with E-state index in [0.29, 0.717) is 0 Å². The largest absolute Gasteiger partial charge is 0.309 e. The number of rotatable bonds is 9. The number of hydrogen-bond donors (Lipinski definition) is 0. The van der Waals surface area contributed by atoms with E-state index in [9.17, 15) is 0 Å². The van der Waals surface area contributed by atoms with Crippen LogP contribution in [0.2, 0.25) is 0 Å². The third-order valence-electron chi connectivity index (χ3n) is 15.0. The zero-order valence-electron chi connectivity index (χ0n) is 40.6. The quantitative estimate of drug-likeness (QED) is 0.136. The minimum Gasteiger partial charge on any atom is -0.309 e. The van der Waals surface area contributed by atoms with Crippen LogP contribution in [0.4, 0.5) is 0 Å². The number of nitrogens with zero attached hydrogens (tertiary/aromatic N) is 2. The summed E-state index contributed by atoms with van der Waals surface area (Å²) in [5.74, 6) is 0. The Morgan fingerprint density at radius 2 is 0.419 bits per heavy atom. The first-order valence-electron chi connectivity index (χ1n) is 25.5. The maximum absolute atomic E-state index is 2.42. The molecule has 74 heavy (non-hydrogen) atoms. The Hall–Kier alpha value is -9.76. The SMILES string of the molecule is c1ccc(-c2ccc(-c3cccc(-c4cccc(-c5ccc(-c6ccc(-c7cccc(-n8c9ccccc9c9cc(-c%10ccc%11c(c%10)c%10ccccc%10n%11-c%10ccccc%10)ccc98)c7)cc6)cc5)c4)c3)cc2)cc1. The van der Waals surface area contributed by atoms with Gasteiger partial charge in [-0.2, -0.15) is 0 Å². The van der Waals surface area contributed by atoms with Gasteiger partial charge in [0.25, 0.3) is 0 Å². The Morgan fingerprint density at radius 1 is 0.149 bits per heavy atom. The Morgan fingerprint density at radius 3 is 0.878 bits per heavy atom. The summed E-state index contributed by atoms with van der Waals surface area (Å²) in [6.45, 7) is 0. The Kier molecular flexibility index (Phi) is 10.6. The van der Waals surface area contributed by atoms with E-state index in [1.165, 1.54) is 127 Å². The molecular weight excluding hydrogens is 893 g/mol. The van der Waals surface area contributed by atoms with Crippen LogP contribution >= 0.6 is 0 Å². The number of fused-ring (bicyclic) bond motifs is 6. The van der Waals surface area contributed by atoms with Gasteiger partial charge in [-0.3, -0.25) is 0 Å². The molecule has 0 fully saturated rings. The number of benzene rings is 12. The van der Waals surface area contributed by atoms with Gasteiger partial charge in [-0.05, 0) is 151 Å². The molecule has 0 atom stereocenters. The van der Waals surface area contributed by atoms with Gasteiger partial charge in [-0.15, -0.1) is 0 Å². The Labute approximate surface area is 431 Å². The minimum absolute atomic E-state index is 1.14. The molecule has 0 bridgehead atoms. The highest BCUT2D eigenvalue weighted by Gasteiger charge is 2.17. The molecule has 346 valence electrons. The van der Waals surface area contributed by atoms with Crippen molar-refractivity contribution in [1.82, 2.24) is 9.13 Å². The maximum Gasteiger partial charge on any atom is 0.0541 e. The predicted octanol–water partition coefficient (Wildman–Crippen LogP) is 19.5. The van der Waals surface area contributed by atoms with Crippen LogP contribution in [0.25, 0.3) is 133 Å². The van der Waals surface area contributed by atoms with Gasteiger partial charge in [0.2, 0.25) is 0 Å². The summed E-state index contributed by atoms with van der Waals surface area (Å²) < 4.78 is 4.80. The summed E-state index contributed by atoms with van der Waals surface area (Å²) in [5, 5.41) is 4.99. The first-order chi connectivity index (χ1) is 36.7. The van der Waals surface area contributed by atoms with Crippen LogP contribution in [0.1, 0.15) is 0 Å². The van der Waals surface area contributed by atoms with Crippen LogP contribution in [-0.4, -0.2) is 9.13 Å². The third-order valence-corrected chi connectivity index (χ3v) is 15.0. The Bertz CT molecular complexity index is 4370. The lowest BCUT2D eigenvalue weighted by atomic mass is 9.94. The summed E-state index contributed by atoms with van der Waals surface area (Å²) in [4.78, 5) is 0. The molecule has 0 aliphatic heterocycles. The summed E-state index contributed by atoms with van der Waals surface area (Å²) in [7, 11) is 0. The van der Waals surface area contributed by atoms with E-state index in [2.05, 4.69) is 300 Å². The first-order valence-corrected chi connectivity index (χ1v) is 25.5. The number of para-hydroxylation sites is 3. The summed E-state index contributed by atoms with van der Waals surface area (Å²) >= 11 is 0. The average molecular weight is 941 g/mol. The summed E-state index contributed by atoms with van der Waals surface area (Å²) in [6.07, 6.45) is 0. The standard InChI is InChI=1S/C72H48N2/c1-3-14-49(15-4-1)50-28-34-53(35-29-50)56-16-11-18-58(44-56)59-19-12-17-57(45-59)54-36-30-51(31-37-54)52-32-38-55(39-33-52)60-20-13-23-64(46-60)74-70-27-10-8-25-66(70)68-48-62(41-43-72(68)74)61-40-42-71-67(47-61)65-24-7-9-26-69(65)73(71)63-21-5-2-6-22-63/h1-48H. The third kappa shape index (κ3) is 7.69. The topological polar surface area (TPSA) is 9.86 Å². The molecule has 0 saturated carbocycles. The van der Waals surface area contributed by atoms with Crippen LogP contribution in [0, 0.1) is 0 Å². The van der Waals surface area contributed by atoms with Crippen LogP contribution < -0.4 is 0 Å². The maximum atomic E-state index is 2.42. The van der Waals surface area contributed by atoms with Gasteiger partial charge < -0.3 is 9.13 Å². The fraction of sp³-hybridized carbons (Fsp3) is 0. The van der Waals surface area contributed by atoms with E-state index in [1.807, 2.05) is 0 Å². The van der Waals surface area contributed by atoms with Gasteiger partial charge >= 0.3 is 0 Å². The molecule has 0 aliphatic rings. The van der Waals surface area contributed by atoms with Crippen molar-refractivity contribution >= 4 is 43.6 Å². The van der Waals surface area contributed by atoms with Gasteiger partial charge in [0.05, 0.1) is 22.1 Å². The lowest BCUT2D eigenvalue weighted by Crippen LogP contribution is -1.94. The average Bonchev–Trinajstić information content (AvgIpc) is 4.00. The Balaban J connectivity index is 0.720. The normalized spacial score (nSPS) is 11.5. The molecule has 0 radical (unpaired) electrons. The minimum atomic E-state index is 1.14. The van der Waals surface area contributed by atoms with E-state index >= 15 is 0 Å². The summed E-state index contributed by atoms with van der Waals surface area (Å²) in [5.41, 5.74) is 24.0. The molecule has 0 aliphatic carbocycles. The van der Waals surface area contributed by atoms with Crippen molar-refractivity contribution in [3.8, 4) is 89.3 Å². The lowest BCUT2D eigenvalue weighted by molar-refractivity contribution is 1.18. The monoisotopic (exact) mass is 940 g/mol. The molecular formula is C72H48N2. The van der Waals surface area contributed by atoms with Gasteiger partial charge in [0.15, 0.2) is 0 Å². The van der Waals surface area contributed by atoms with Crippen molar-refractivity contribution < 1.29 is 0 Å². The molecule has 14 rings (SSSR count). The molecule has 2 heteroatoms. The highest BCUT2D eigenvalue weighted by Crippen LogP contribution is 2.40. The van der Waals surface area contributed by atoms with Crippen LogP contribution in [-0.2, 0) is 0 Å². The van der Waals surface area contributed by atoms with E-state index in [1.54, 1.807) is 0 Å². The molecule has 12 aromatic carbocycles.